The van der Waals surface area contributed by atoms with Crippen LogP contribution in [0, 0.1) is 0 Å². The topological polar surface area (TPSA) is 58.6 Å². The Kier molecular flexibility index (Phi) is 9.29. The second-order valence-electron chi connectivity index (χ2n) is 6.55. The van der Waals surface area contributed by atoms with Crippen molar-refractivity contribution in [2.75, 3.05) is 13.2 Å². The highest BCUT2D eigenvalue weighted by molar-refractivity contribution is 6.32. The molecule has 0 aromatic heterocycles. The van der Waals surface area contributed by atoms with Gasteiger partial charge in [0.25, 0.3) is 5.91 Å². The van der Waals surface area contributed by atoms with Gasteiger partial charge in [0.1, 0.15) is 11.8 Å². The van der Waals surface area contributed by atoms with E-state index < -0.39 is 6.04 Å². The van der Waals surface area contributed by atoms with Crippen LogP contribution in [0.1, 0.15) is 32.3 Å². The first kappa shape index (κ1) is 23.0. The number of hydrogen-bond acceptors (Lipinski definition) is 3. The van der Waals surface area contributed by atoms with Gasteiger partial charge in [-0.2, -0.15) is 0 Å². The Bertz CT molecular complexity index is 829. The predicted octanol–water partition coefficient (Wildman–Crippen LogP) is 4.71. The molecule has 0 spiro atoms. The molecule has 0 radical (unpaired) electrons. The molecular weight excluding hydrogens is 411 g/mol. The Labute approximate surface area is 181 Å². The highest BCUT2D eigenvalue weighted by atomic mass is 35.5. The van der Waals surface area contributed by atoms with E-state index in [0.717, 1.165) is 12.0 Å². The summed E-state index contributed by atoms with van der Waals surface area (Å²) in [5.41, 5.74) is 0.766. The third-order valence-electron chi connectivity index (χ3n) is 4.42. The van der Waals surface area contributed by atoms with E-state index >= 15 is 0 Å². The zero-order valence-corrected chi connectivity index (χ0v) is 18.2. The fraction of sp³-hybridized carbons (Fsp3) is 0.364. The van der Waals surface area contributed by atoms with Gasteiger partial charge < -0.3 is 15.0 Å². The molecule has 0 heterocycles. The van der Waals surface area contributed by atoms with Gasteiger partial charge in [-0.25, -0.2) is 0 Å². The lowest BCUT2D eigenvalue weighted by atomic mass is 10.1. The van der Waals surface area contributed by atoms with Crippen molar-refractivity contribution in [3.63, 3.8) is 0 Å². The monoisotopic (exact) mass is 436 g/mol. The van der Waals surface area contributed by atoms with Crippen molar-refractivity contribution in [3.8, 4) is 5.75 Å². The largest absolute Gasteiger partial charge is 0.482 e. The molecule has 0 aliphatic rings. The first-order valence-corrected chi connectivity index (χ1v) is 10.4. The fourth-order valence-electron chi connectivity index (χ4n) is 2.88. The van der Waals surface area contributed by atoms with Crippen LogP contribution in [0.3, 0.4) is 0 Å². The van der Waals surface area contributed by atoms with Gasteiger partial charge in [0, 0.05) is 18.1 Å². The van der Waals surface area contributed by atoms with Gasteiger partial charge in [-0.3, -0.25) is 9.59 Å². The molecule has 1 unspecified atom stereocenters. The highest BCUT2D eigenvalue weighted by Gasteiger charge is 2.29. The number of benzene rings is 2. The van der Waals surface area contributed by atoms with Gasteiger partial charge >= 0.3 is 0 Å². The number of halogens is 2. The summed E-state index contributed by atoms with van der Waals surface area (Å²) >= 11 is 12.4. The molecule has 2 rings (SSSR count). The van der Waals surface area contributed by atoms with E-state index in [1.807, 2.05) is 32.0 Å². The summed E-state index contributed by atoms with van der Waals surface area (Å²) < 4.78 is 5.62. The van der Waals surface area contributed by atoms with E-state index in [1.165, 1.54) is 4.90 Å². The van der Waals surface area contributed by atoms with Crippen LogP contribution in [-0.4, -0.2) is 35.9 Å². The Morgan fingerprint density at radius 3 is 2.31 bits per heavy atom. The van der Waals surface area contributed by atoms with E-state index in [2.05, 4.69) is 5.32 Å². The van der Waals surface area contributed by atoms with Crippen molar-refractivity contribution in [2.24, 2.45) is 0 Å². The van der Waals surface area contributed by atoms with Crippen molar-refractivity contribution in [3.05, 3.63) is 64.1 Å². The van der Waals surface area contributed by atoms with E-state index in [-0.39, 0.29) is 25.0 Å². The van der Waals surface area contributed by atoms with E-state index in [9.17, 15) is 9.59 Å². The van der Waals surface area contributed by atoms with Crippen molar-refractivity contribution in [1.82, 2.24) is 10.2 Å². The number of hydrogen-bond donors (Lipinski definition) is 1. The van der Waals surface area contributed by atoms with Gasteiger partial charge in [0.2, 0.25) is 5.91 Å². The molecule has 0 aliphatic heterocycles. The second-order valence-corrected chi connectivity index (χ2v) is 7.36. The summed E-state index contributed by atoms with van der Waals surface area (Å²) in [5.74, 6) is -0.0838. The molecule has 7 heteroatoms. The molecule has 2 aromatic carbocycles. The molecule has 1 atom stereocenters. The molecule has 29 heavy (non-hydrogen) atoms. The molecule has 2 aromatic rings. The number of nitrogens with one attached hydrogen (secondary N) is 1. The fourth-order valence-corrected chi connectivity index (χ4v) is 3.27. The Morgan fingerprint density at radius 2 is 1.69 bits per heavy atom. The molecular formula is C22H26Cl2N2O3. The number of amides is 2. The number of ether oxygens (including phenoxy) is 1. The van der Waals surface area contributed by atoms with Crippen LogP contribution in [-0.2, 0) is 16.1 Å². The summed E-state index contributed by atoms with van der Waals surface area (Å²) in [4.78, 5) is 27.3. The lowest BCUT2D eigenvalue weighted by Gasteiger charge is -2.30. The van der Waals surface area contributed by atoms with E-state index in [0.29, 0.717) is 28.8 Å². The molecule has 0 saturated carbocycles. The first-order valence-electron chi connectivity index (χ1n) is 9.65. The third kappa shape index (κ3) is 6.65. The van der Waals surface area contributed by atoms with Crippen molar-refractivity contribution in [2.45, 2.75) is 39.3 Å². The molecule has 0 saturated heterocycles. The molecule has 5 nitrogen and oxygen atoms in total. The van der Waals surface area contributed by atoms with Crippen molar-refractivity contribution >= 4 is 35.0 Å². The molecule has 0 aliphatic carbocycles. The number of carbonyl (C=O) groups excluding carboxylic acids is 2. The van der Waals surface area contributed by atoms with Crippen molar-refractivity contribution in [1.29, 1.82) is 0 Å². The van der Waals surface area contributed by atoms with Gasteiger partial charge in [0.15, 0.2) is 6.61 Å². The number of carbonyl (C=O) groups is 2. The molecule has 2 amide bonds. The number of para-hydroxylation sites is 1. The van der Waals surface area contributed by atoms with E-state index in [4.69, 9.17) is 27.9 Å². The molecule has 156 valence electrons. The SMILES string of the molecule is CCCNC(=O)C(CC)N(Cc1ccccc1Cl)C(=O)COc1ccccc1Cl. The van der Waals surface area contributed by atoms with Gasteiger partial charge in [-0.05, 0) is 36.6 Å². The van der Waals surface area contributed by atoms with E-state index in [1.54, 1.807) is 30.3 Å². The maximum atomic E-state index is 13.1. The van der Waals surface area contributed by atoms with Crippen molar-refractivity contribution < 1.29 is 14.3 Å². The van der Waals surface area contributed by atoms with Crippen LogP contribution in [0.5, 0.6) is 5.75 Å². The standard InChI is InChI=1S/C22H26Cl2N2O3/c1-3-13-25-22(28)19(4-2)26(14-16-9-5-6-10-17(16)23)21(27)15-29-20-12-8-7-11-18(20)24/h5-12,19H,3-4,13-15H2,1-2H3,(H,25,28). The summed E-state index contributed by atoms with van der Waals surface area (Å²) in [5, 5.41) is 3.84. The normalized spacial score (nSPS) is 11.6. The minimum Gasteiger partial charge on any atom is -0.482 e. The summed E-state index contributed by atoms with van der Waals surface area (Å²) in [7, 11) is 0. The average molecular weight is 437 g/mol. The van der Waals surface area contributed by atoms with Crippen LogP contribution >= 0.6 is 23.2 Å². The summed E-state index contributed by atoms with van der Waals surface area (Å²) in [6.07, 6.45) is 1.29. The minimum absolute atomic E-state index is 0.188. The van der Waals surface area contributed by atoms with Crippen LogP contribution in [0.2, 0.25) is 10.0 Å². The smallest absolute Gasteiger partial charge is 0.261 e. The van der Waals surface area contributed by atoms with Crippen LogP contribution in [0.4, 0.5) is 0 Å². The Balaban J connectivity index is 2.22. The average Bonchev–Trinajstić information content (AvgIpc) is 2.72. The summed E-state index contributed by atoms with van der Waals surface area (Å²) in [6, 6.07) is 13.6. The lowest BCUT2D eigenvalue weighted by molar-refractivity contribution is -0.143. The zero-order chi connectivity index (χ0) is 21.2. The van der Waals surface area contributed by atoms with Gasteiger partial charge in [-0.15, -0.1) is 0 Å². The quantitative estimate of drug-likeness (QED) is 0.586. The minimum atomic E-state index is -0.625. The predicted molar refractivity (Wildman–Crippen MR) is 116 cm³/mol. The number of rotatable bonds is 10. The Hall–Kier alpha value is -2.24. The summed E-state index contributed by atoms with van der Waals surface area (Å²) in [6.45, 7) is 4.39. The number of nitrogens with zero attached hydrogens (tertiary/aromatic N) is 1. The van der Waals surface area contributed by atoms with Crippen LogP contribution < -0.4 is 10.1 Å². The third-order valence-corrected chi connectivity index (χ3v) is 5.10. The van der Waals surface area contributed by atoms with Gasteiger partial charge in [0.05, 0.1) is 5.02 Å². The zero-order valence-electron chi connectivity index (χ0n) is 16.7. The first-order chi connectivity index (χ1) is 14.0. The Morgan fingerprint density at radius 1 is 1.03 bits per heavy atom. The van der Waals surface area contributed by atoms with Crippen LogP contribution in [0.15, 0.2) is 48.5 Å². The highest BCUT2D eigenvalue weighted by Crippen LogP contribution is 2.24. The second kappa shape index (κ2) is 11.7. The van der Waals surface area contributed by atoms with Crippen LogP contribution in [0.25, 0.3) is 0 Å². The maximum absolute atomic E-state index is 13.1. The molecule has 0 fully saturated rings. The van der Waals surface area contributed by atoms with Gasteiger partial charge in [-0.1, -0.05) is 67.4 Å². The maximum Gasteiger partial charge on any atom is 0.261 e. The lowest BCUT2D eigenvalue weighted by Crippen LogP contribution is -2.50. The molecule has 1 N–H and O–H groups in total. The molecule has 0 bridgehead atoms.